The maximum absolute atomic E-state index is 10.3. The summed E-state index contributed by atoms with van der Waals surface area (Å²) in [4.78, 5) is 10.3. The molecule has 0 aromatic heterocycles. The number of rotatable bonds is 6. The second kappa shape index (κ2) is 14.7. The fourth-order valence-electron chi connectivity index (χ4n) is 2.12. The van der Waals surface area contributed by atoms with Crippen molar-refractivity contribution in [3.8, 4) is 0 Å². The van der Waals surface area contributed by atoms with Crippen LogP contribution in [0.5, 0.6) is 0 Å². The van der Waals surface area contributed by atoms with E-state index in [2.05, 4.69) is 47.8 Å². The van der Waals surface area contributed by atoms with Gasteiger partial charge in [-0.15, -0.1) is 6.58 Å². The molecule has 2 aromatic carbocycles. The van der Waals surface area contributed by atoms with Crippen LogP contribution in [0.4, 0.5) is 0 Å². The van der Waals surface area contributed by atoms with E-state index in [1.165, 1.54) is 16.3 Å². The molecule has 0 radical (unpaired) electrons. The molecule has 26 heavy (non-hydrogen) atoms. The number of nitrogens with one attached hydrogen (secondary N) is 2. The molecule has 0 heterocycles. The van der Waals surface area contributed by atoms with Gasteiger partial charge in [-0.2, -0.15) is 0 Å². The number of fused-ring (bicyclic) bond motifs is 1. The molecular weight excluding hydrogens is 320 g/mol. The Hall–Kier alpha value is -2.65. The Kier molecular flexibility index (Phi) is 13.2. The molecule has 2 aromatic rings. The lowest BCUT2D eigenvalue weighted by molar-refractivity contribution is -0.110. The van der Waals surface area contributed by atoms with E-state index in [0.717, 1.165) is 11.1 Å². The zero-order valence-electron chi connectivity index (χ0n) is 16.7. The molecule has 0 saturated carbocycles. The van der Waals surface area contributed by atoms with E-state index in [1.54, 1.807) is 0 Å². The molecule has 0 spiro atoms. The van der Waals surface area contributed by atoms with Gasteiger partial charge < -0.3 is 0 Å². The number of hydrogen-bond acceptors (Lipinski definition) is 2. The van der Waals surface area contributed by atoms with Crippen molar-refractivity contribution >= 4 is 23.3 Å². The molecule has 0 aliphatic rings. The number of hydrazine groups is 1. The van der Waals surface area contributed by atoms with E-state index >= 15 is 0 Å². The molecule has 0 atom stereocenters. The molecule has 0 aliphatic carbocycles. The normalized spacial score (nSPS) is 10.0. The minimum absolute atomic E-state index is 0.588. The fourth-order valence-corrected chi connectivity index (χ4v) is 2.12. The van der Waals surface area contributed by atoms with Crippen LogP contribution in [-0.2, 0) is 11.3 Å². The number of hydrogen-bond donors (Lipinski definition) is 2. The zero-order valence-corrected chi connectivity index (χ0v) is 16.7. The average Bonchev–Trinajstić information content (AvgIpc) is 2.63. The average molecular weight is 353 g/mol. The summed E-state index contributed by atoms with van der Waals surface area (Å²) < 4.78 is 0. The van der Waals surface area contributed by atoms with Gasteiger partial charge in [-0.05, 0) is 54.8 Å². The first-order valence-electron chi connectivity index (χ1n) is 8.93. The molecule has 0 fully saturated rings. The summed E-state index contributed by atoms with van der Waals surface area (Å²) in [7, 11) is 0. The predicted molar refractivity (Wildman–Crippen MR) is 116 cm³/mol. The SMILES string of the molecule is C/C=C\C=C/c1cc(CNNC=O)c2ccccc2c1.C=C(C)C.CC. The van der Waals surface area contributed by atoms with Gasteiger partial charge in [0.05, 0.1) is 0 Å². The lowest BCUT2D eigenvalue weighted by Gasteiger charge is -2.09. The van der Waals surface area contributed by atoms with Crippen LogP contribution in [-0.4, -0.2) is 6.41 Å². The van der Waals surface area contributed by atoms with Gasteiger partial charge in [0.1, 0.15) is 0 Å². The van der Waals surface area contributed by atoms with Gasteiger partial charge in [0.15, 0.2) is 0 Å². The predicted octanol–water partition coefficient (Wildman–Crippen LogP) is 5.79. The third-order valence-electron chi connectivity index (χ3n) is 3.00. The van der Waals surface area contributed by atoms with Crippen LogP contribution >= 0.6 is 0 Å². The summed E-state index contributed by atoms with van der Waals surface area (Å²) in [5.41, 5.74) is 8.82. The largest absolute Gasteiger partial charge is 0.294 e. The number of amides is 1. The molecule has 0 bridgehead atoms. The van der Waals surface area contributed by atoms with Crippen LogP contribution in [0, 0.1) is 0 Å². The highest BCUT2D eigenvalue weighted by molar-refractivity contribution is 5.88. The monoisotopic (exact) mass is 352 g/mol. The second-order valence-corrected chi connectivity index (χ2v) is 5.61. The summed E-state index contributed by atoms with van der Waals surface area (Å²) in [6.45, 7) is 14.1. The maximum Gasteiger partial charge on any atom is 0.221 e. The zero-order chi connectivity index (χ0) is 19.8. The maximum atomic E-state index is 10.3. The van der Waals surface area contributed by atoms with Gasteiger partial charge >= 0.3 is 0 Å². The minimum atomic E-state index is 0.588. The molecule has 140 valence electrons. The Balaban J connectivity index is 0.000000920. The first-order chi connectivity index (χ1) is 12.6. The lowest BCUT2D eigenvalue weighted by atomic mass is 10.0. The minimum Gasteiger partial charge on any atom is -0.294 e. The molecule has 1 amide bonds. The molecule has 2 rings (SSSR count). The molecule has 0 unspecified atom stereocenters. The summed E-state index contributed by atoms with van der Waals surface area (Å²) >= 11 is 0. The first-order valence-corrected chi connectivity index (χ1v) is 8.93. The summed E-state index contributed by atoms with van der Waals surface area (Å²) in [5, 5.41) is 2.38. The van der Waals surface area contributed by atoms with Gasteiger partial charge in [-0.1, -0.05) is 68.0 Å². The topological polar surface area (TPSA) is 41.1 Å². The van der Waals surface area contributed by atoms with Gasteiger partial charge in [0.25, 0.3) is 0 Å². The van der Waals surface area contributed by atoms with Crippen LogP contribution in [0.25, 0.3) is 16.8 Å². The molecule has 0 aliphatic heterocycles. The van der Waals surface area contributed by atoms with Gasteiger partial charge in [0, 0.05) is 6.54 Å². The van der Waals surface area contributed by atoms with Gasteiger partial charge in [-0.25, -0.2) is 5.43 Å². The molecule has 3 heteroatoms. The number of allylic oxidation sites excluding steroid dienone is 4. The molecule has 3 nitrogen and oxygen atoms in total. The van der Waals surface area contributed by atoms with E-state index in [1.807, 2.05) is 65.0 Å². The highest BCUT2D eigenvalue weighted by Crippen LogP contribution is 2.22. The van der Waals surface area contributed by atoms with Gasteiger partial charge in [-0.3, -0.25) is 10.2 Å². The van der Waals surface area contributed by atoms with Crippen LogP contribution in [0.3, 0.4) is 0 Å². The van der Waals surface area contributed by atoms with E-state index in [9.17, 15) is 4.79 Å². The van der Waals surface area contributed by atoms with Crippen molar-refractivity contribution in [1.82, 2.24) is 10.9 Å². The van der Waals surface area contributed by atoms with Crippen molar-refractivity contribution in [2.24, 2.45) is 0 Å². The quantitative estimate of drug-likeness (QED) is 0.227. The van der Waals surface area contributed by atoms with Crippen molar-refractivity contribution in [2.45, 2.75) is 41.2 Å². The van der Waals surface area contributed by atoms with Crippen molar-refractivity contribution in [3.63, 3.8) is 0 Å². The third kappa shape index (κ3) is 9.60. The Morgan fingerprint density at radius 3 is 2.38 bits per heavy atom. The van der Waals surface area contributed by atoms with Crippen molar-refractivity contribution in [1.29, 1.82) is 0 Å². The van der Waals surface area contributed by atoms with E-state index in [4.69, 9.17) is 0 Å². The standard InChI is InChI=1S/C17H18N2O.C4H8.C2H6/c1-2-3-4-7-14-10-15-8-5-6-9-17(15)16(11-14)12-18-19-13-20;1-4(2)3;1-2/h2-11,13,18H,12H2,1H3,(H,19,20);1H2,2-3H3;1-2H3/b3-2-,7-4-;;. The van der Waals surface area contributed by atoms with Crippen molar-refractivity contribution in [2.75, 3.05) is 0 Å². The van der Waals surface area contributed by atoms with Crippen LogP contribution in [0.2, 0.25) is 0 Å². The number of benzene rings is 2. The second-order valence-electron chi connectivity index (χ2n) is 5.61. The van der Waals surface area contributed by atoms with E-state index in [-0.39, 0.29) is 0 Å². The summed E-state index contributed by atoms with van der Waals surface area (Å²) in [5.74, 6) is 0. The van der Waals surface area contributed by atoms with Crippen LogP contribution < -0.4 is 10.9 Å². The molecule has 2 N–H and O–H groups in total. The van der Waals surface area contributed by atoms with E-state index in [0.29, 0.717) is 13.0 Å². The molecular formula is C23H32N2O. The Labute approximate surface area is 158 Å². The fraction of sp³-hybridized carbons (Fsp3) is 0.261. The smallest absolute Gasteiger partial charge is 0.221 e. The van der Waals surface area contributed by atoms with Crippen molar-refractivity contribution < 1.29 is 4.79 Å². The highest BCUT2D eigenvalue weighted by Gasteiger charge is 2.02. The molecule has 0 saturated heterocycles. The van der Waals surface area contributed by atoms with Crippen LogP contribution in [0.15, 0.2) is 66.8 Å². The van der Waals surface area contributed by atoms with E-state index < -0.39 is 0 Å². The van der Waals surface area contributed by atoms with Gasteiger partial charge in [0.2, 0.25) is 6.41 Å². The third-order valence-corrected chi connectivity index (χ3v) is 3.00. The first kappa shape index (κ1) is 23.4. The summed E-state index contributed by atoms with van der Waals surface area (Å²) in [6, 6.07) is 12.5. The Bertz CT molecular complexity index is 726. The Morgan fingerprint density at radius 2 is 1.77 bits per heavy atom. The number of carbonyl (C=O) groups is 1. The van der Waals surface area contributed by atoms with Crippen molar-refractivity contribution in [3.05, 3.63) is 77.9 Å². The Morgan fingerprint density at radius 1 is 1.12 bits per heavy atom. The highest BCUT2D eigenvalue weighted by atomic mass is 16.1. The van der Waals surface area contributed by atoms with Crippen LogP contribution in [0.1, 0.15) is 45.7 Å². The lowest BCUT2D eigenvalue weighted by Crippen LogP contribution is -2.29. The number of carbonyl (C=O) groups excluding carboxylic acids is 1. The summed E-state index contributed by atoms with van der Waals surface area (Å²) in [6.07, 6.45) is 8.72.